The van der Waals surface area contributed by atoms with Crippen LogP contribution >= 0.6 is 0 Å². The largest absolute Gasteiger partial charge is 0.477 e. The molecule has 0 aliphatic rings. The van der Waals surface area contributed by atoms with Crippen LogP contribution in [0.5, 0.6) is 0 Å². The van der Waals surface area contributed by atoms with E-state index in [1.54, 1.807) is 0 Å². The minimum absolute atomic E-state index is 0.183. The summed E-state index contributed by atoms with van der Waals surface area (Å²) in [5, 5.41) is 9.65. The predicted molar refractivity (Wildman–Crippen MR) is 244 cm³/mol. The summed E-state index contributed by atoms with van der Waals surface area (Å²) in [6.07, 6.45) is 43.7. The summed E-state index contributed by atoms with van der Waals surface area (Å²) in [6.45, 7) is 4.87. The zero-order valence-electron chi connectivity index (χ0n) is 39.2. The van der Waals surface area contributed by atoms with Crippen molar-refractivity contribution in [2.75, 3.05) is 47.5 Å². The van der Waals surface area contributed by atoms with Crippen molar-refractivity contribution in [3.05, 3.63) is 24.3 Å². The van der Waals surface area contributed by atoms with Crippen LogP contribution in [-0.4, -0.2) is 87.4 Å². The number of carboxylic acid groups (broad SMARTS) is 1. The standard InChI is InChI=1S/C50H93NO8/c1-6-8-10-12-14-16-18-20-22-24-26-28-30-32-34-36-38-40-47(52)57-44-46(45-58-50(49(54)55)56-43-42-51(3,4)5)59-48(53)41-39-37-35-33-31-29-27-25-23-21-19-17-15-13-11-9-7-2/h20-23,46,50H,6-19,24-45H2,1-5H3/p+1/b22-20-,23-21-. The summed E-state index contributed by atoms with van der Waals surface area (Å²) >= 11 is 0. The van der Waals surface area contributed by atoms with E-state index in [4.69, 9.17) is 18.9 Å². The number of hydrogen-bond donors (Lipinski definition) is 1. The van der Waals surface area contributed by atoms with Crippen LogP contribution in [0.2, 0.25) is 0 Å². The van der Waals surface area contributed by atoms with Crippen molar-refractivity contribution in [2.45, 2.75) is 232 Å². The molecule has 0 amide bonds. The summed E-state index contributed by atoms with van der Waals surface area (Å²) in [5.41, 5.74) is 0. The van der Waals surface area contributed by atoms with Crippen molar-refractivity contribution in [2.24, 2.45) is 0 Å². The first-order chi connectivity index (χ1) is 28.6. The summed E-state index contributed by atoms with van der Waals surface area (Å²) in [6, 6.07) is 0. The summed E-state index contributed by atoms with van der Waals surface area (Å²) in [7, 11) is 5.96. The van der Waals surface area contributed by atoms with Gasteiger partial charge in [-0.1, -0.05) is 167 Å². The van der Waals surface area contributed by atoms with Crippen molar-refractivity contribution in [1.29, 1.82) is 0 Å². The van der Waals surface area contributed by atoms with Crippen LogP contribution in [-0.2, 0) is 33.3 Å². The summed E-state index contributed by atoms with van der Waals surface area (Å²) < 4.78 is 22.8. The third-order valence-electron chi connectivity index (χ3n) is 10.7. The Morgan fingerprint density at radius 1 is 0.492 bits per heavy atom. The Balaban J connectivity index is 4.38. The van der Waals surface area contributed by atoms with Crippen LogP contribution in [0.15, 0.2) is 24.3 Å². The Kier molecular flexibility index (Phi) is 40.9. The molecule has 0 rings (SSSR count). The molecule has 0 radical (unpaired) electrons. The number of nitrogens with zero attached hydrogens (tertiary/aromatic N) is 1. The van der Waals surface area contributed by atoms with E-state index in [0.29, 0.717) is 17.4 Å². The minimum atomic E-state index is -1.51. The van der Waals surface area contributed by atoms with Crippen molar-refractivity contribution in [1.82, 2.24) is 0 Å². The monoisotopic (exact) mass is 837 g/mol. The number of unbranched alkanes of at least 4 members (excludes halogenated alkanes) is 26. The quantitative estimate of drug-likeness (QED) is 0.0212. The van der Waals surface area contributed by atoms with Gasteiger partial charge in [-0.05, 0) is 64.2 Å². The second-order valence-corrected chi connectivity index (χ2v) is 17.8. The molecule has 0 fully saturated rings. The van der Waals surface area contributed by atoms with Crippen molar-refractivity contribution in [3.8, 4) is 0 Å². The fourth-order valence-electron chi connectivity index (χ4n) is 6.83. The van der Waals surface area contributed by atoms with E-state index in [1.165, 1.54) is 141 Å². The van der Waals surface area contributed by atoms with E-state index in [0.717, 1.165) is 51.4 Å². The maximum Gasteiger partial charge on any atom is 0.361 e. The van der Waals surface area contributed by atoms with E-state index in [2.05, 4.69) is 38.2 Å². The highest BCUT2D eigenvalue weighted by molar-refractivity contribution is 5.71. The highest BCUT2D eigenvalue weighted by atomic mass is 16.7. The van der Waals surface area contributed by atoms with Crippen molar-refractivity contribution < 1.29 is 42.9 Å². The number of quaternary nitrogens is 1. The molecule has 9 heteroatoms. The topological polar surface area (TPSA) is 108 Å². The number of esters is 2. The van der Waals surface area contributed by atoms with E-state index in [9.17, 15) is 19.5 Å². The second kappa shape index (κ2) is 42.5. The summed E-state index contributed by atoms with van der Waals surface area (Å²) in [4.78, 5) is 37.2. The molecule has 0 saturated carbocycles. The first kappa shape index (κ1) is 56.8. The van der Waals surface area contributed by atoms with Gasteiger partial charge in [-0.25, -0.2) is 4.79 Å². The van der Waals surface area contributed by atoms with Crippen LogP contribution in [0.3, 0.4) is 0 Å². The van der Waals surface area contributed by atoms with Crippen molar-refractivity contribution >= 4 is 17.9 Å². The third-order valence-corrected chi connectivity index (χ3v) is 10.7. The molecule has 0 aromatic heterocycles. The lowest BCUT2D eigenvalue weighted by Crippen LogP contribution is -2.40. The number of rotatable bonds is 45. The lowest BCUT2D eigenvalue weighted by Gasteiger charge is -2.25. The first-order valence-electron chi connectivity index (χ1n) is 24.5. The predicted octanol–water partition coefficient (Wildman–Crippen LogP) is 13.2. The SMILES string of the molecule is CCCCCCCC/C=C\CCCCCCCCCC(=O)OCC(COC(OCC[N+](C)(C)C)C(=O)O)OC(=O)CCCCCCCCC/C=C\CCCCCCCC. The molecule has 0 bridgehead atoms. The molecule has 1 N–H and O–H groups in total. The zero-order chi connectivity index (χ0) is 43.5. The van der Waals surface area contributed by atoms with E-state index >= 15 is 0 Å². The maximum absolute atomic E-state index is 12.8. The number of carbonyl (C=O) groups excluding carboxylic acids is 2. The van der Waals surface area contributed by atoms with Gasteiger partial charge in [0.2, 0.25) is 0 Å². The molecular weight excluding hydrogens is 743 g/mol. The molecule has 0 saturated heterocycles. The molecule has 0 aromatic rings. The van der Waals surface area contributed by atoms with Crippen LogP contribution < -0.4 is 0 Å². The first-order valence-corrected chi connectivity index (χ1v) is 24.5. The average molecular weight is 837 g/mol. The molecular formula is C50H94NO8+. The van der Waals surface area contributed by atoms with Gasteiger partial charge >= 0.3 is 17.9 Å². The Hall–Kier alpha value is -2.23. The Labute approximate surface area is 363 Å². The van der Waals surface area contributed by atoms with Crippen molar-refractivity contribution in [3.63, 3.8) is 0 Å². The second-order valence-electron chi connectivity index (χ2n) is 17.8. The number of carbonyl (C=O) groups is 3. The molecule has 0 spiro atoms. The van der Waals surface area contributed by atoms with Crippen LogP contribution in [0.4, 0.5) is 0 Å². The maximum atomic E-state index is 12.8. The molecule has 0 heterocycles. The average Bonchev–Trinajstić information content (AvgIpc) is 3.19. The number of ether oxygens (including phenoxy) is 4. The number of aliphatic carboxylic acids is 1. The molecule has 0 aromatic carbocycles. The van der Waals surface area contributed by atoms with Crippen LogP contribution in [0.25, 0.3) is 0 Å². The minimum Gasteiger partial charge on any atom is -0.477 e. The number of carboxylic acids is 1. The fourth-order valence-corrected chi connectivity index (χ4v) is 6.83. The summed E-state index contributed by atoms with van der Waals surface area (Å²) in [5.74, 6) is -2.01. The van der Waals surface area contributed by atoms with Gasteiger partial charge in [-0.3, -0.25) is 9.59 Å². The van der Waals surface area contributed by atoms with E-state index in [1.807, 2.05) is 21.1 Å². The lowest BCUT2D eigenvalue weighted by atomic mass is 10.1. The van der Waals surface area contributed by atoms with Gasteiger partial charge in [0.25, 0.3) is 6.29 Å². The van der Waals surface area contributed by atoms with Gasteiger partial charge in [0.15, 0.2) is 6.10 Å². The van der Waals surface area contributed by atoms with Gasteiger partial charge in [-0.2, -0.15) is 0 Å². The van der Waals surface area contributed by atoms with Crippen LogP contribution in [0.1, 0.15) is 219 Å². The Morgan fingerprint density at radius 3 is 1.25 bits per heavy atom. The molecule has 0 aliphatic heterocycles. The lowest BCUT2D eigenvalue weighted by molar-refractivity contribution is -0.870. The molecule has 59 heavy (non-hydrogen) atoms. The number of likely N-dealkylation sites (N-methyl/N-ethyl adjacent to an activating group) is 1. The van der Waals surface area contributed by atoms with Gasteiger partial charge in [0.1, 0.15) is 13.2 Å². The number of allylic oxidation sites excluding steroid dienone is 4. The highest BCUT2D eigenvalue weighted by Crippen LogP contribution is 2.15. The third kappa shape index (κ3) is 43.7. The van der Waals surface area contributed by atoms with Crippen LogP contribution in [0, 0.1) is 0 Å². The normalized spacial score (nSPS) is 13.0. The molecule has 2 atom stereocenters. The Morgan fingerprint density at radius 2 is 0.864 bits per heavy atom. The van der Waals surface area contributed by atoms with E-state index < -0.39 is 24.3 Å². The van der Waals surface area contributed by atoms with E-state index in [-0.39, 0.29) is 32.2 Å². The fraction of sp³-hybridized carbons (Fsp3) is 0.860. The van der Waals surface area contributed by atoms with Gasteiger partial charge in [0.05, 0.1) is 34.4 Å². The van der Waals surface area contributed by atoms with Gasteiger partial charge < -0.3 is 28.5 Å². The Bertz CT molecular complexity index is 1020. The zero-order valence-corrected chi connectivity index (χ0v) is 39.2. The van der Waals surface area contributed by atoms with Gasteiger partial charge in [-0.15, -0.1) is 0 Å². The number of hydrogen-bond acceptors (Lipinski definition) is 7. The molecule has 0 aliphatic carbocycles. The van der Waals surface area contributed by atoms with Gasteiger partial charge in [0, 0.05) is 12.8 Å². The molecule has 2 unspecified atom stereocenters. The highest BCUT2D eigenvalue weighted by Gasteiger charge is 2.25. The molecule has 346 valence electrons. The smallest absolute Gasteiger partial charge is 0.361 e. The molecule has 9 nitrogen and oxygen atoms in total.